The number of nitrogen functional groups attached to an aromatic ring is 1. The number of benzene rings is 2. The summed E-state index contributed by atoms with van der Waals surface area (Å²) in [5, 5.41) is 14.4. The molecular weight excluding hydrogens is 468 g/mol. The molecule has 8 nitrogen and oxygen atoms in total. The molecule has 2 aromatic carbocycles. The minimum absolute atomic E-state index is 0.0410. The van der Waals surface area contributed by atoms with Crippen LogP contribution in [0.3, 0.4) is 0 Å². The van der Waals surface area contributed by atoms with Gasteiger partial charge in [-0.05, 0) is 65.3 Å². The number of methoxy groups -OCH3 is 1. The van der Waals surface area contributed by atoms with Crippen molar-refractivity contribution < 1.29 is 19.4 Å². The zero-order valence-corrected chi connectivity index (χ0v) is 20.9. The topological polar surface area (TPSA) is 127 Å². The second kappa shape index (κ2) is 10.9. The smallest absolute Gasteiger partial charge is 0.336 e. The second-order valence-corrected chi connectivity index (χ2v) is 8.98. The summed E-state index contributed by atoms with van der Waals surface area (Å²) < 4.78 is 5.24. The molecule has 4 aromatic rings. The van der Waals surface area contributed by atoms with Gasteiger partial charge in [-0.1, -0.05) is 38.1 Å². The van der Waals surface area contributed by atoms with E-state index < -0.39 is 11.9 Å². The predicted molar refractivity (Wildman–Crippen MR) is 146 cm³/mol. The van der Waals surface area contributed by atoms with Crippen molar-refractivity contribution in [3.63, 3.8) is 0 Å². The lowest BCUT2D eigenvalue weighted by Gasteiger charge is -2.14. The van der Waals surface area contributed by atoms with Crippen molar-refractivity contribution in [1.29, 1.82) is 0 Å². The molecule has 2 aromatic heterocycles. The minimum atomic E-state index is -1.10. The summed E-state index contributed by atoms with van der Waals surface area (Å²) >= 11 is 0. The Labute approximate surface area is 214 Å². The highest BCUT2D eigenvalue weighted by molar-refractivity contribution is 6.10. The molecule has 0 fully saturated rings. The number of carbonyl (C=O) groups excluding carboxylic acids is 1. The molecule has 0 aliphatic carbocycles. The molecule has 0 spiro atoms. The summed E-state index contributed by atoms with van der Waals surface area (Å²) in [6.07, 6.45) is 6.40. The summed E-state index contributed by atoms with van der Waals surface area (Å²) in [4.78, 5) is 34.0. The molecule has 0 aliphatic rings. The molecule has 0 atom stereocenters. The van der Waals surface area contributed by atoms with Crippen LogP contribution in [-0.4, -0.2) is 34.1 Å². The third kappa shape index (κ3) is 5.75. The normalized spacial score (nSPS) is 11.2. The van der Waals surface area contributed by atoms with Crippen LogP contribution in [0.25, 0.3) is 28.0 Å². The maximum atomic E-state index is 13.4. The van der Waals surface area contributed by atoms with E-state index in [0.717, 1.165) is 22.8 Å². The first kappa shape index (κ1) is 25.4. The molecule has 0 unspecified atom stereocenters. The number of anilines is 2. The van der Waals surface area contributed by atoms with Crippen LogP contribution in [-0.2, 0) is 0 Å². The van der Waals surface area contributed by atoms with Gasteiger partial charge in [-0.25, -0.2) is 14.8 Å². The van der Waals surface area contributed by atoms with Gasteiger partial charge in [0.15, 0.2) is 0 Å². The van der Waals surface area contributed by atoms with E-state index >= 15 is 0 Å². The summed E-state index contributed by atoms with van der Waals surface area (Å²) in [5.41, 5.74) is 8.09. The van der Waals surface area contributed by atoms with Crippen molar-refractivity contribution in [2.24, 2.45) is 5.92 Å². The first-order valence-corrected chi connectivity index (χ1v) is 11.8. The van der Waals surface area contributed by atoms with Crippen molar-refractivity contribution >= 4 is 40.2 Å². The van der Waals surface area contributed by atoms with Crippen molar-refractivity contribution in [2.75, 3.05) is 18.2 Å². The Kier molecular flexibility index (Phi) is 7.48. The Morgan fingerprint density at radius 2 is 1.86 bits per heavy atom. The molecular formula is C29H28N4O4. The number of hydrogen-bond acceptors (Lipinski definition) is 6. The number of aromatic nitrogens is 2. The monoisotopic (exact) mass is 496 g/mol. The van der Waals surface area contributed by atoms with Gasteiger partial charge in [0.2, 0.25) is 5.88 Å². The summed E-state index contributed by atoms with van der Waals surface area (Å²) in [7, 11) is 1.45. The van der Waals surface area contributed by atoms with Crippen molar-refractivity contribution in [1.82, 2.24) is 9.97 Å². The van der Waals surface area contributed by atoms with Gasteiger partial charge in [0.25, 0.3) is 5.91 Å². The molecule has 37 heavy (non-hydrogen) atoms. The number of pyridine rings is 2. The van der Waals surface area contributed by atoms with Crippen LogP contribution in [0.15, 0.2) is 66.9 Å². The van der Waals surface area contributed by atoms with Gasteiger partial charge in [0, 0.05) is 28.9 Å². The number of nitrogens with two attached hydrogens (primary N) is 1. The third-order valence-corrected chi connectivity index (χ3v) is 5.83. The van der Waals surface area contributed by atoms with Gasteiger partial charge in [-0.15, -0.1) is 0 Å². The lowest BCUT2D eigenvalue weighted by atomic mass is 9.95. The highest BCUT2D eigenvalue weighted by atomic mass is 16.5. The molecule has 1 amide bonds. The molecule has 4 rings (SSSR count). The standard InChI is InChI=1S/C29H28N4O4/c1-17(2)5-4-6-18-7-9-22(24(15-18)29(35)36)23-11-12-25(37-3)33-26(23)28(34)32-20-8-10-21-19(16-20)13-14-31-27(21)30/h4,6-17H,5H2,1-3H3,(H2,30,31)(H,32,34)(H,35,36)/b6-4-. The van der Waals surface area contributed by atoms with Crippen molar-refractivity contribution in [3.05, 3.63) is 83.7 Å². The lowest BCUT2D eigenvalue weighted by Crippen LogP contribution is -2.16. The molecule has 0 saturated heterocycles. The third-order valence-electron chi connectivity index (χ3n) is 5.83. The molecule has 188 valence electrons. The largest absolute Gasteiger partial charge is 0.481 e. The van der Waals surface area contributed by atoms with Crippen molar-refractivity contribution in [3.8, 4) is 17.0 Å². The molecule has 0 radical (unpaired) electrons. The number of nitrogens with one attached hydrogen (secondary N) is 1. The fraction of sp³-hybridized carbons (Fsp3) is 0.172. The fourth-order valence-electron chi connectivity index (χ4n) is 3.97. The number of amides is 1. The molecule has 2 heterocycles. The van der Waals surface area contributed by atoms with Crippen LogP contribution in [0.2, 0.25) is 0 Å². The summed E-state index contributed by atoms with van der Waals surface area (Å²) in [6, 6.07) is 15.4. The van der Waals surface area contributed by atoms with E-state index in [0.29, 0.717) is 28.6 Å². The van der Waals surface area contributed by atoms with E-state index in [1.807, 2.05) is 18.2 Å². The Morgan fingerprint density at radius 1 is 1.08 bits per heavy atom. The van der Waals surface area contributed by atoms with Crippen LogP contribution < -0.4 is 15.8 Å². The Hall–Kier alpha value is -4.72. The van der Waals surface area contributed by atoms with E-state index in [9.17, 15) is 14.7 Å². The lowest BCUT2D eigenvalue weighted by molar-refractivity contribution is 0.0697. The van der Waals surface area contributed by atoms with Gasteiger partial charge >= 0.3 is 5.97 Å². The Balaban J connectivity index is 1.74. The number of ether oxygens (including phenoxy) is 1. The van der Waals surface area contributed by atoms with Crippen molar-refractivity contribution in [2.45, 2.75) is 20.3 Å². The van der Waals surface area contributed by atoms with Crippen LogP contribution in [0.1, 0.15) is 46.7 Å². The van der Waals surface area contributed by atoms with E-state index in [1.54, 1.807) is 54.7 Å². The van der Waals surface area contributed by atoms with Gasteiger partial charge in [0.05, 0.1) is 12.7 Å². The summed E-state index contributed by atoms with van der Waals surface area (Å²) in [6.45, 7) is 4.23. The average molecular weight is 497 g/mol. The zero-order chi connectivity index (χ0) is 26.5. The SMILES string of the molecule is COc1ccc(-c2ccc(/C=C\CC(C)C)cc2C(=O)O)c(C(=O)Nc2ccc3c(N)nccc3c2)n1. The number of rotatable bonds is 8. The number of carboxylic acid groups (broad SMARTS) is 1. The number of hydrogen-bond donors (Lipinski definition) is 3. The molecule has 0 bridgehead atoms. The Bertz CT molecular complexity index is 1510. The zero-order valence-electron chi connectivity index (χ0n) is 20.9. The van der Waals surface area contributed by atoms with E-state index in [4.69, 9.17) is 10.5 Å². The minimum Gasteiger partial charge on any atom is -0.481 e. The highest BCUT2D eigenvalue weighted by Crippen LogP contribution is 2.31. The Morgan fingerprint density at radius 3 is 2.59 bits per heavy atom. The van der Waals surface area contributed by atoms with E-state index in [-0.39, 0.29) is 17.1 Å². The highest BCUT2D eigenvalue weighted by Gasteiger charge is 2.21. The number of carbonyl (C=O) groups is 2. The molecule has 0 aliphatic heterocycles. The van der Waals surface area contributed by atoms with Crippen LogP contribution in [0, 0.1) is 5.92 Å². The number of fused-ring (bicyclic) bond motifs is 1. The van der Waals surface area contributed by atoms with Gasteiger partial charge in [-0.2, -0.15) is 0 Å². The van der Waals surface area contributed by atoms with Gasteiger partial charge in [-0.3, -0.25) is 4.79 Å². The quantitative estimate of drug-likeness (QED) is 0.277. The number of allylic oxidation sites excluding steroid dienone is 1. The predicted octanol–water partition coefficient (Wildman–Crippen LogP) is 5.90. The number of aromatic carboxylic acids is 1. The average Bonchev–Trinajstić information content (AvgIpc) is 2.88. The van der Waals surface area contributed by atoms with E-state index in [2.05, 4.69) is 29.1 Å². The van der Waals surface area contributed by atoms with E-state index in [1.165, 1.54) is 7.11 Å². The number of carboxylic acids is 1. The first-order valence-electron chi connectivity index (χ1n) is 11.8. The van der Waals surface area contributed by atoms with Gasteiger partial charge < -0.3 is 20.9 Å². The second-order valence-electron chi connectivity index (χ2n) is 8.98. The first-order chi connectivity index (χ1) is 17.8. The molecule has 0 saturated carbocycles. The van der Waals surface area contributed by atoms with Gasteiger partial charge in [0.1, 0.15) is 11.5 Å². The molecule has 8 heteroatoms. The number of nitrogens with zero attached hydrogens (tertiary/aromatic N) is 2. The van der Waals surface area contributed by atoms with Crippen LogP contribution >= 0.6 is 0 Å². The molecule has 4 N–H and O–H groups in total. The fourth-order valence-corrected chi connectivity index (χ4v) is 3.97. The summed E-state index contributed by atoms with van der Waals surface area (Å²) in [5.74, 6) is -0.478. The maximum absolute atomic E-state index is 13.4. The van der Waals surface area contributed by atoms with Crippen LogP contribution in [0.4, 0.5) is 11.5 Å². The maximum Gasteiger partial charge on any atom is 0.336 e. The van der Waals surface area contributed by atoms with Crippen LogP contribution in [0.5, 0.6) is 5.88 Å².